The third-order valence-corrected chi connectivity index (χ3v) is 2.67. The van der Waals surface area contributed by atoms with Gasteiger partial charge in [0.15, 0.2) is 0 Å². The maximum Gasteiger partial charge on any atom is 0.261 e. The van der Waals surface area contributed by atoms with E-state index in [1.807, 2.05) is 6.07 Å². The summed E-state index contributed by atoms with van der Waals surface area (Å²) in [4.78, 5) is 5.64. The molecule has 0 unspecified atom stereocenters. The van der Waals surface area contributed by atoms with Crippen molar-refractivity contribution < 1.29 is 8.78 Å². The summed E-state index contributed by atoms with van der Waals surface area (Å²) in [6, 6.07) is 3.48. The van der Waals surface area contributed by atoms with Crippen molar-refractivity contribution in [1.29, 1.82) is 0 Å². The van der Waals surface area contributed by atoms with Crippen LogP contribution in [0.2, 0.25) is 5.15 Å². The van der Waals surface area contributed by atoms with Gasteiger partial charge < -0.3 is 0 Å². The van der Waals surface area contributed by atoms with Crippen LogP contribution in [0.1, 0.15) is 12.0 Å². The van der Waals surface area contributed by atoms with Gasteiger partial charge in [-0.2, -0.15) is 0 Å². The van der Waals surface area contributed by atoms with E-state index in [2.05, 4.69) is 4.98 Å². The smallest absolute Gasteiger partial charge is 0.261 e. The van der Waals surface area contributed by atoms with Gasteiger partial charge in [0.1, 0.15) is 5.15 Å². The monoisotopic (exact) mass is 232 g/mol. The van der Waals surface area contributed by atoms with Crippen molar-refractivity contribution in [3.05, 3.63) is 29.0 Å². The van der Waals surface area contributed by atoms with Crippen LogP contribution >= 0.6 is 11.6 Å². The number of nitrogens with zero attached hydrogens (tertiary/aromatic N) is 2. The average Bonchev–Trinajstić information content (AvgIpc) is 2.50. The molecule has 0 aromatic carbocycles. The van der Waals surface area contributed by atoms with Gasteiger partial charge in [0.25, 0.3) is 5.92 Å². The number of rotatable bonds is 2. The quantitative estimate of drug-likeness (QED) is 0.729. The minimum atomic E-state index is -2.53. The zero-order valence-electron chi connectivity index (χ0n) is 8.09. The zero-order chi connectivity index (χ0) is 10.9. The van der Waals surface area contributed by atoms with E-state index < -0.39 is 5.92 Å². The number of alkyl halides is 2. The second kappa shape index (κ2) is 4.02. The van der Waals surface area contributed by atoms with Gasteiger partial charge in [-0.1, -0.05) is 17.7 Å². The Balaban J connectivity index is 1.96. The minimum Gasteiger partial charge on any atom is -0.293 e. The summed E-state index contributed by atoms with van der Waals surface area (Å²) < 4.78 is 25.8. The molecule has 82 valence electrons. The van der Waals surface area contributed by atoms with E-state index in [9.17, 15) is 8.78 Å². The van der Waals surface area contributed by atoms with E-state index in [-0.39, 0.29) is 13.0 Å². The van der Waals surface area contributed by atoms with Gasteiger partial charge >= 0.3 is 0 Å². The summed E-state index contributed by atoms with van der Waals surface area (Å²) >= 11 is 5.63. The third kappa shape index (κ3) is 2.86. The van der Waals surface area contributed by atoms with Gasteiger partial charge in [0, 0.05) is 25.7 Å². The molecule has 15 heavy (non-hydrogen) atoms. The highest BCUT2D eigenvalue weighted by Gasteiger charge is 2.37. The van der Waals surface area contributed by atoms with Gasteiger partial charge in [-0.15, -0.1) is 0 Å². The van der Waals surface area contributed by atoms with E-state index in [1.54, 1.807) is 17.2 Å². The normalized spacial score (nSPS) is 20.7. The maximum absolute atomic E-state index is 12.9. The molecule has 1 fully saturated rings. The molecule has 1 aromatic heterocycles. The maximum atomic E-state index is 12.9. The lowest BCUT2D eigenvalue weighted by Gasteiger charge is -2.14. The van der Waals surface area contributed by atoms with Gasteiger partial charge in [0.2, 0.25) is 0 Å². The van der Waals surface area contributed by atoms with E-state index in [0.717, 1.165) is 5.56 Å². The molecule has 0 aliphatic carbocycles. The van der Waals surface area contributed by atoms with Crippen molar-refractivity contribution in [3.8, 4) is 0 Å². The van der Waals surface area contributed by atoms with Gasteiger partial charge in [-0.05, 0) is 11.6 Å². The van der Waals surface area contributed by atoms with Gasteiger partial charge in [-0.25, -0.2) is 13.8 Å². The largest absolute Gasteiger partial charge is 0.293 e. The van der Waals surface area contributed by atoms with Crippen LogP contribution in [0, 0.1) is 0 Å². The van der Waals surface area contributed by atoms with Gasteiger partial charge in [0.05, 0.1) is 6.54 Å². The Morgan fingerprint density at radius 3 is 2.80 bits per heavy atom. The molecule has 0 spiro atoms. The fourth-order valence-corrected chi connectivity index (χ4v) is 1.81. The molecular formula is C10H11ClF2N2. The first-order valence-electron chi connectivity index (χ1n) is 4.76. The summed E-state index contributed by atoms with van der Waals surface area (Å²) in [5.74, 6) is -2.53. The van der Waals surface area contributed by atoms with Crippen LogP contribution in [0.25, 0.3) is 0 Å². The minimum absolute atomic E-state index is 0.0476. The first-order valence-corrected chi connectivity index (χ1v) is 5.14. The van der Waals surface area contributed by atoms with Crippen molar-refractivity contribution in [2.24, 2.45) is 0 Å². The Labute approximate surface area is 91.9 Å². The van der Waals surface area contributed by atoms with E-state index >= 15 is 0 Å². The molecular weight excluding hydrogens is 222 g/mol. The fourth-order valence-electron chi connectivity index (χ4n) is 1.70. The Kier molecular flexibility index (Phi) is 2.89. The van der Waals surface area contributed by atoms with Crippen LogP contribution in [0.3, 0.4) is 0 Å². The highest BCUT2D eigenvalue weighted by molar-refractivity contribution is 6.29. The highest BCUT2D eigenvalue weighted by atomic mass is 35.5. The van der Waals surface area contributed by atoms with Crippen LogP contribution in [0.15, 0.2) is 18.3 Å². The Morgan fingerprint density at radius 1 is 1.47 bits per heavy atom. The third-order valence-electron chi connectivity index (χ3n) is 2.44. The van der Waals surface area contributed by atoms with Crippen molar-refractivity contribution >= 4 is 11.6 Å². The molecule has 2 heterocycles. The Bertz CT molecular complexity index is 340. The molecule has 1 saturated heterocycles. The molecule has 0 radical (unpaired) electrons. The predicted octanol–water partition coefficient (Wildman–Crippen LogP) is 2.58. The molecule has 0 amide bonds. The lowest BCUT2D eigenvalue weighted by molar-refractivity contribution is 0.0115. The van der Waals surface area contributed by atoms with Crippen LogP contribution in [-0.2, 0) is 6.54 Å². The Morgan fingerprint density at radius 2 is 2.27 bits per heavy atom. The standard InChI is InChI=1S/C10H11ClF2N2/c11-9-2-1-8(5-14-9)6-15-4-3-10(12,13)7-15/h1-2,5H,3-4,6-7H2. The molecule has 1 aliphatic rings. The first kappa shape index (κ1) is 10.8. The summed E-state index contributed by atoms with van der Waals surface area (Å²) in [5, 5.41) is 0.422. The number of pyridine rings is 1. The lowest BCUT2D eigenvalue weighted by atomic mass is 10.3. The molecule has 2 rings (SSSR count). The number of likely N-dealkylation sites (tertiary alicyclic amines) is 1. The second-order valence-corrected chi connectivity index (χ2v) is 4.19. The summed E-state index contributed by atoms with van der Waals surface area (Å²) in [6.07, 6.45) is 1.58. The fraction of sp³-hybridized carbons (Fsp3) is 0.500. The number of halogens is 3. The van der Waals surface area contributed by atoms with Gasteiger partial charge in [-0.3, -0.25) is 4.90 Å². The van der Waals surface area contributed by atoms with Crippen molar-refractivity contribution in [3.63, 3.8) is 0 Å². The molecule has 5 heteroatoms. The molecule has 1 aromatic rings. The van der Waals surface area contributed by atoms with E-state index in [0.29, 0.717) is 18.2 Å². The Hall–Kier alpha value is -0.740. The van der Waals surface area contributed by atoms with E-state index in [4.69, 9.17) is 11.6 Å². The summed E-state index contributed by atoms with van der Waals surface area (Å²) in [6.45, 7) is 0.797. The predicted molar refractivity (Wildman–Crippen MR) is 54.1 cm³/mol. The first-order chi connectivity index (χ1) is 7.05. The van der Waals surface area contributed by atoms with Crippen molar-refractivity contribution in [2.75, 3.05) is 13.1 Å². The molecule has 0 saturated carbocycles. The van der Waals surface area contributed by atoms with Crippen LogP contribution in [-0.4, -0.2) is 28.9 Å². The van der Waals surface area contributed by atoms with Crippen molar-refractivity contribution in [2.45, 2.75) is 18.9 Å². The molecule has 0 atom stereocenters. The summed E-state index contributed by atoms with van der Waals surface area (Å²) in [7, 11) is 0. The number of hydrogen-bond acceptors (Lipinski definition) is 2. The number of aromatic nitrogens is 1. The van der Waals surface area contributed by atoms with Crippen LogP contribution < -0.4 is 0 Å². The zero-order valence-corrected chi connectivity index (χ0v) is 8.84. The molecule has 0 bridgehead atoms. The average molecular weight is 233 g/mol. The molecule has 0 N–H and O–H groups in total. The molecule has 1 aliphatic heterocycles. The molecule has 2 nitrogen and oxygen atoms in total. The SMILES string of the molecule is FC1(F)CCN(Cc2ccc(Cl)nc2)C1. The number of hydrogen-bond donors (Lipinski definition) is 0. The topological polar surface area (TPSA) is 16.1 Å². The summed E-state index contributed by atoms with van der Waals surface area (Å²) in [5.41, 5.74) is 0.914. The van der Waals surface area contributed by atoms with Crippen LogP contribution in [0.5, 0.6) is 0 Å². The van der Waals surface area contributed by atoms with Crippen LogP contribution in [0.4, 0.5) is 8.78 Å². The lowest BCUT2D eigenvalue weighted by Crippen LogP contribution is -2.24. The highest BCUT2D eigenvalue weighted by Crippen LogP contribution is 2.27. The van der Waals surface area contributed by atoms with Crippen molar-refractivity contribution in [1.82, 2.24) is 9.88 Å². The second-order valence-electron chi connectivity index (χ2n) is 3.81. The van der Waals surface area contributed by atoms with E-state index in [1.165, 1.54) is 0 Å².